The van der Waals surface area contributed by atoms with Crippen molar-refractivity contribution in [2.24, 2.45) is 0 Å². The molecule has 0 fully saturated rings. The largest absolute Gasteiger partial charge is 0.322 e. The van der Waals surface area contributed by atoms with Crippen LogP contribution in [0.2, 0.25) is 0 Å². The zero-order valence-electron chi connectivity index (χ0n) is 14.6. The summed E-state index contributed by atoms with van der Waals surface area (Å²) in [5, 5.41) is 3.96. The number of aromatic nitrogens is 1. The van der Waals surface area contributed by atoms with Gasteiger partial charge < -0.3 is 5.32 Å². The second-order valence-corrected chi connectivity index (χ2v) is 7.37. The average molecular weight is 358 g/mol. The van der Waals surface area contributed by atoms with E-state index in [-0.39, 0.29) is 5.91 Å². The van der Waals surface area contributed by atoms with Crippen molar-refractivity contribution in [2.45, 2.75) is 13.8 Å². The molecular formula is C22H18N2OS. The highest BCUT2D eigenvalue weighted by Crippen LogP contribution is 2.31. The molecule has 3 aromatic carbocycles. The lowest BCUT2D eigenvalue weighted by molar-refractivity contribution is 0.102. The molecule has 4 aromatic rings. The van der Waals surface area contributed by atoms with Crippen molar-refractivity contribution in [1.82, 2.24) is 4.98 Å². The molecule has 0 atom stereocenters. The number of amides is 1. The van der Waals surface area contributed by atoms with Crippen LogP contribution < -0.4 is 5.32 Å². The SMILES string of the molecule is Cc1ccc(C)c(C(=O)Nc2cccc(-c3nc4ccccc4s3)c2)c1. The first-order valence-corrected chi connectivity index (χ1v) is 9.26. The Balaban J connectivity index is 1.63. The number of fused-ring (bicyclic) bond motifs is 1. The minimum Gasteiger partial charge on any atom is -0.322 e. The second kappa shape index (κ2) is 6.73. The van der Waals surface area contributed by atoms with E-state index >= 15 is 0 Å². The molecule has 0 bridgehead atoms. The monoisotopic (exact) mass is 358 g/mol. The maximum absolute atomic E-state index is 12.7. The van der Waals surface area contributed by atoms with E-state index in [2.05, 4.69) is 11.4 Å². The summed E-state index contributed by atoms with van der Waals surface area (Å²) in [7, 11) is 0. The first-order valence-electron chi connectivity index (χ1n) is 8.45. The maximum Gasteiger partial charge on any atom is 0.255 e. The number of para-hydroxylation sites is 1. The van der Waals surface area contributed by atoms with Crippen LogP contribution in [-0.2, 0) is 0 Å². The van der Waals surface area contributed by atoms with Crippen LogP contribution in [0.1, 0.15) is 21.5 Å². The highest BCUT2D eigenvalue weighted by Gasteiger charge is 2.11. The van der Waals surface area contributed by atoms with Crippen LogP contribution in [-0.4, -0.2) is 10.9 Å². The molecule has 0 unspecified atom stereocenters. The molecule has 26 heavy (non-hydrogen) atoms. The normalized spacial score (nSPS) is 10.8. The summed E-state index contributed by atoms with van der Waals surface area (Å²) in [4.78, 5) is 17.3. The summed E-state index contributed by atoms with van der Waals surface area (Å²) >= 11 is 1.65. The Morgan fingerprint density at radius 3 is 2.65 bits per heavy atom. The van der Waals surface area contributed by atoms with E-state index in [1.165, 1.54) is 0 Å². The number of anilines is 1. The maximum atomic E-state index is 12.7. The van der Waals surface area contributed by atoms with E-state index in [1.54, 1.807) is 11.3 Å². The number of benzene rings is 3. The van der Waals surface area contributed by atoms with Crippen LogP contribution in [0.3, 0.4) is 0 Å². The summed E-state index contributed by atoms with van der Waals surface area (Å²) in [6.07, 6.45) is 0. The number of thiazole rings is 1. The molecule has 4 heteroatoms. The Kier molecular flexibility index (Phi) is 4.27. The van der Waals surface area contributed by atoms with Gasteiger partial charge in [-0.15, -0.1) is 11.3 Å². The summed E-state index contributed by atoms with van der Waals surface area (Å²) in [5.74, 6) is -0.0901. The number of rotatable bonds is 3. The van der Waals surface area contributed by atoms with Crippen molar-refractivity contribution in [3.05, 3.63) is 83.4 Å². The van der Waals surface area contributed by atoms with Gasteiger partial charge in [0.25, 0.3) is 5.91 Å². The standard InChI is InChI=1S/C22H18N2OS/c1-14-10-11-15(2)18(12-14)21(25)23-17-7-5-6-16(13-17)22-24-19-8-3-4-9-20(19)26-22/h3-13H,1-2H3,(H,23,25). The van der Waals surface area contributed by atoms with Gasteiger partial charge in [0.1, 0.15) is 5.01 Å². The third-order valence-corrected chi connectivity index (χ3v) is 5.38. The van der Waals surface area contributed by atoms with Gasteiger partial charge >= 0.3 is 0 Å². The third-order valence-electron chi connectivity index (χ3n) is 4.30. The Bertz CT molecular complexity index is 1080. The van der Waals surface area contributed by atoms with E-state index in [0.29, 0.717) is 5.56 Å². The summed E-state index contributed by atoms with van der Waals surface area (Å²) < 4.78 is 1.16. The number of hydrogen-bond acceptors (Lipinski definition) is 3. The molecule has 1 heterocycles. The molecule has 1 N–H and O–H groups in total. The van der Waals surface area contributed by atoms with Gasteiger partial charge in [-0.3, -0.25) is 4.79 Å². The number of carbonyl (C=O) groups is 1. The van der Waals surface area contributed by atoms with Crippen LogP contribution in [0, 0.1) is 13.8 Å². The summed E-state index contributed by atoms with van der Waals surface area (Å²) in [5.41, 5.74) is 5.52. The van der Waals surface area contributed by atoms with Crippen molar-refractivity contribution in [3.8, 4) is 10.6 Å². The van der Waals surface area contributed by atoms with Crippen molar-refractivity contribution in [2.75, 3.05) is 5.32 Å². The predicted octanol–water partition coefficient (Wildman–Crippen LogP) is 5.83. The summed E-state index contributed by atoms with van der Waals surface area (Å²) in [6, 6.07) is 21.8. The molecule has 1 amide bonds. The Morgan fingerprint density at radius 1 is 0.962 bits per heavy atom. The lowest BCUT2D eigenvalue weighted by atomic mass is 10.0. The molecule has 1 aromatic heterocycles. The van der Waals surface area contributed by atoms with Crippen LogP contribution in [0.25, 0.3) is 20.8 Å². The molecule has 0 saturated carbocycles. The minimum absolute atomic E-state index is 0.0901. The van der Waals surface area contributed by atoms with E-state index in [0.717, 1.165) is 37.6 Å². The number of nitrogens with zero attached hydrogens (tertiary/aromatic N) is 1. The van der Waals surface area contributed by atoms with Gasteiger partial charge in [0.2, 0.25) is 0 Å². The second-order valence-electron chi connectivity index (χ2n) is 6.34. The lowest BCUT2D eigenvalue weighted by Gasteiger charge is -2.09. The molecular weight excluding hydrogens is 340 g/mol. The molecule has 4 rings (SSSR count). The predicted molar refractivity (Wildman–Crippen MR) is 109 cm³/mol. The van der Waals surface area contributed by atoms with Crippen molar-refractivity contribution in [1.29, 1.82) is 0 Å². The topological polar surface area (TPSA) is 42.0 Å². The highest BCUT2D eigenvalue weighted by molar-refractivity contribution is 7.21. The quantitative estimate of drug-likeness (QED) is 0.500. The number of carbonyl (C=O) groups excluding carboxylic acids is 1. The van der Waals surface area contributed by atoms with Gasteiger partial charge in [0.15, 0.2) is 0 Å². The van der Waals surface area contributed by atoms with E-state index in [9.17, 15) is 4.79 Å². The fourth-order valence-corrected chi connectivity index (χ4v) is 3.87. The highest BCUT2D eigenvalue weighted by atomic mass is 32.1. The number of aryl methyl sites for hydroxylation is 2. The van der Waals surface area contributed by atoms with E-state index in [1.807, 2.05) is 74.5 Å². The zero-order valence-corrected chi connectivity index (χ0v) is 15.4. The van der Waals surface area contributed by atoms with Gasteiger partial charge in [-0.05, 0) is 49.7 Å². The summed E-state index contributed by atoms with van der Waals surface area (Å²) in [6.45, 7) is 3.94. The van der Waals surface area contributed by atoms with Crippen LogP contribution >= 0.6 is 11.3 Å². The molecule has 0 radical (unpaired) electrons. The van der Waals surface area contributed by atoms with Crippen LogP contribution in [0.5, 0.6) is 0 Å². The Labute approximate surface area is 156 Å². The third kappa shape index (κ3) is 3.24. The van der Waals surface area contributed by atoms with Crippen molar-refractivity contribution >= 4 is 33.1 Å². The van der Waals surface area contributed by atoms with Crippen molar-refractivity contribution < 1.29 is 4.79 Å². The van der Waals surface area contributed by atoms with Gasteiger partial charge in [0.05, 0.1) is 10.2 Å². The van der Waals surface area contributed by atoms with Gasteiger partial charge in [-0.2, -0.15) is 0 Å². The van der Waals surface area contributed by atoms with Gasteiger partial charge in [-0.25, -0.2) is 4.98 Å². The lowest BCUT2D eigenvalue weighted by Crippen LogP contribution is -2.13. The van der Waals surface area contributed by atoms with Crippen molar-refractivity contribution in [3.63, 3.8) is 0 Å². The molecule has 128 valence electrons. The Hall–Kier alpha value is -2.98. The average Bonchev–Trinajstić information content (AvgIpc) is 3.08. The molecule has 0 aliphatic rings. The first-order chi connectivity index (χ1) is 12.6. The number of hydrogen-bond donors (Lipinski definition) is 1. The van der Waals surface area contributed by atoms with Gasteiger partial charge in [-0.1, -0.05) is 42.0 Å². The molecule has 3 nitrogen and oxygen atoms in total. The van der Waals surface area contributed by atoms with E-state index < -0.39 is 0 Å². The molecule has 0 aliphatic carbocycles. The fraction of sp³-hybridized carbons (Fsp3) is 0.0909. The molecule has 0 saturated heterocycles. The van der Waals surface area contributed by atoms with Crippen LogP contribution in [0.4, 0.5) is 5.69 Å². The Morgan fingerprint density at radius 2 is 1.81 bits per heavy atom. The zero-order chi connectivity index (χ0) is 18.1. The van der Waals surface area contributed by atoms with Crippen LogP contribution in [0.15, 0.2) is 66.7 Å². The molecule has 0 spiro atoms. The fourth-order valence-electron chi connectivity index (χ4n) is 2.90. The van der Waals surface area contributed by atoms with Gasteiger partial charge in [0, 0.05) is 16.8 Å². The first kappa shape index (κ1) is 16.5. The smallest absolute Gasteiger partial charge is 0.255 e. The molecule has 0 aliphatic heterocycles. The van der Waals surface area contributed by atoms with E-state index in [4.69, 9.17) is 4.98 Å². The minimum atomic E-state index is -0.0901. The number of nitrogens with one attached hydrogen (secondary N) is 1.